The van der Waals surface area contributed by atoms with E-state index in [9.17, 15) is 23.3 Å². The van der Waals surface area contributed by atoms with Gasteiger partial charge in [0.25, 0.3) is 15.7 Å². The molecule has 13 nitrogen and oxygen atoms in total. The SMILES string of the molecule is COC(=O)c1cn(-c2ccc3ncnc(Nc4c(F)ccc(NS(=O)(=O)c5ccccc5Cl)c4F)c3n2)c2cccc([N+](=O)[O-])c12. The predicted octanol–water partition coefficient (Wildman–Crippen LogP) is 6.14. The number of halogens is 3. The van der Waals surface area contributed by atoms with E-state index < -0.39 is 43.9 Å². The summed E-state index contributed by atoms with van der Waals surface area (Å²) in [4.78, 5) is 36.1. The minimum absolute atomic E-state index is 0.0177. The summed E-state index contributed by atoms with van der Waals surface area (Å²) in [6.45, 7) is 0. The lowest BCUT2D eigenvalue weighted by Gasteiger charge is -2.15. The van der Waals surface area contributed by atoms with Gasteiger partial charge >= 0.3 is 5.97 Å². The van der Waals surface area contributed by atoms with Crippen LogP contribution in [0.15, 0.2) is 84.1 Å². The summed E-state index contributed by atoms with van der Waals surface area (Å²) in [5.74, 6) is -3.20. The molecule has 6 rings (SSSR count). The zero-order chi connectivity index (χ0) is 32.7. The number of anilines is 3. The van der Waals surface area contributed by atoms with E-state index in [1.165, 1.54) is 59.3 Å². The van der Waals surface area contributed by atoms with E-state index in [1.807, 2.05) is 0 Å². The van der Waals surface area contributed by atoms with Crippen molar-refractivity contribution < 1.29 is 31.7 Å². The summed E-state index contributed by atoms with van der Waals surface area (Å²) in [7, 11) is -3.22. The fourth-order valence-corrected chi connectivity index (χ4v) is 6.34. The molecule has 3 aromatic heterocycles. The van der Waals surface area contributed by atoms with Crippen LogP contribution in [0.25, 0.3) is 27.8 Å². The van der Waals surface area contributed by atoms with Crippen molar-refractivity contribution in [1.29, 1.82) is 0 Å². The van der Waals surface area contributed by atoms with E-state index in [0.717, 1.165) is 25.6 Å². The maximum absolute atomic E-state index is 15.7. The Bertz CT molecular complexity index is 2340. The highest BCUT2D eigenvalue weighted by molar-refractivity contribution is 7.92. The third-order valence-corrected chi connectivity index (χ3v) is 8.69. The molecule has 0 aliphatic carbocycles. The van der Waals surface area contributed by atoms with Crippen molar-refractivity contribution >= 4 is 72.4 Å². The number of nitro groups is 1. The van der Waals surface area contributed by atoms with E-state index in [1.54, 1.807) is 6.07 Å². The van der Waals surface area contributed by atoms with Crippen molar-refractivity contribution in [3.63, 3.8) is 0 Å². The molecule has 0 atom stereocenters. The van der Waals surface area contributed by atoms with Crippen molar-refractivity contribution in [3.05, 3.63) is 112 Å². The molecule has 0 saturated carbocycles. The molecule has 0 aliphatic heterocycles. The van der Waals surface area contributed by atoms with Crippen LogP contribution in [0.3, 0.4) is 0 Å². The number of benzene rings is 3. The van der Waals surface area contributed by atoms with Gasteiger partial charge in [-0.05, 0) is 42.5 Å². The fraction of sp³-hybridized carbons (Fsp3) is 0.0345. The number of nitrogens with one attached hydrogen (secondary N) is 2. The molecule has 0 fully saturated rings. The summed E-state index contributed by atoms with van der Waals surface area (Å²) in [5, 5.41) is 14.2. The quantitative estimate of drug-likeness (QED) is 0.109. The minimum atomic E-state index is -4.36. The van der Waals surface area contributed by atoms with Crippen LogP contribution in [-0.4, -0.2) is 45.9 Å². The van der Waals surface area contributed by atoms with Gasteiger partial charge in [0.2, 0.25) is 0 Å². The van der Waals surface area contributed by atoms with Gasteiger partial charge < -0.3 is 14.6 Å². The van der Waals surface area contributed by atoms with Gasteiger partial charge in [-0.15, -0.1) is 0 Å². The van der Waals surface area contributed by atoms with Crippen LogP contribution < -0.4 is 10.0 Å². The van der Waals surface area contributed by atoms with Crippen LogP contribution in [0.4, 0.5) is 31.7 Å². The number of rotatable bonds is 8. The van der Waals surface area contributed by atoms with Crippen LogP contribution >= 0.6 is 11.6 Å². The van der Waals surface area contributed by atoms with E-state index in [2.05, 4.69) is 25.0 Å². The fourth-order valence-electron chi connectivity index (χ4n) is 4.76. The van der Waals surface area contributed by atoms with Crippen LogP contribution in [0, 0.1) is 21.7 Å². The Morgan fingerprint density at radius 3 is 2.57 bits per heavy atom. The number of esters is 1. The number of sulfonamides is 1. The number of methoxy groups -OCH3 is 1. The van der Waals surface area contributed by atoms with Gasteiger partial charge in [-0.25, -0.2) is 36.9 Å². The Labute approximate surface area is 262 Å². The van der Waals surface area contributed by atoms with Crippen LogP contribution in [0.5, 0.6) is 0 Å². The molecule has 3 heterocycles. The molecule has 0 bridgehead atoms. The molecule has 46 heavy (non-hydrogen) atoms. The summed E-state index contributed by atoms with van der Waals surface area (Å²) < 4.78 is 64.8. The summed E-state index contributed by atoms with van der Waals surface area (Å²) in [6.07, 6.45) is 2.44. The van der Waals surface area contributed by atoms with E-state index >= 15 is 8.78 Å². The highest BCUT2D eigenvalue weighted by atomic mass is 35.5. The smallest absolute Gasteiger partial charge is 0.340 e. The van der Waals surface area contributed by atoms with Crippen molar-refractivity contribution in [3.8, 4) is 5.82 Å². The normalized spacial score (nSPS) is 11.5. The van der Waals surface area contributed by atoms with Crippen LogP contribution in [-0.2, 0) is 14.8 Å². The van der Waals surface area contributed by atoms with Crippen LogP contribution in [0.1, 0.15) is 10.4 Å². The molecule has 232 valence electrons. The molecule has 0 radical (unpaired) electrons. The molecule has 0 aliphatic rings. The number of carbonyl (C=O) groups excluding carboxylic acids is 1. The zero-order valence-electron chi connectivity index (χ0n) is 23.2. The topological polar surface area (TPSA) is 171 Å². The number of aromatic nitrogens is 4. The number of nitrogens with zero attached hydrogens (tertiary/aromatic N) is 5. The first-order valence-electron chi connectivity index (χ1n) is 13.0. The second-order valence-corrected chi connectivity index (χ2v) is 11.6. The lowest BCUT2D eigenvalue weighted by atomic mass is 10.1. The van der Waals surface area contributed by atoms with Gasteiger partial charge in [0.1, 0.15) is 34.1 Å². The van der Waals surface area contributed by atoms with Gasteiger partial charge in [0.05, 0.1) is 44.7 Å². The number of ether oxygens (including phenoxy) is 1. The second kappa shape index (κ2) is 11.6. The lowest BCUT2D eigenvalue weighted by Crippen LogP contribution is -2.15. The maximum Gasteiger partial charge on any atom is 0.340 e. The number of hydrogen-bond donors (Lipinski definition) is 2. The Kier molecular flexibility index (Phi) is 7.67. The average molecular weight is 666 g/mol. The Morgan fingerprint density at radius 1 is 1.04 bits per heavy atom. The highest BCUT2D eigenvalue weighted by Crippen LogP contribution is 2.35. The molecule has 17 heteroatoms. The summed E-state index contributed by atoms with van der Waals surface area (Å²) in [6, 6.07) is 14.6. The molecule has 2 N–H and O–H groups in total. The first-order valence-corrected chi connectivity index (χ1v) is 14.9. The predicted molar refractivity (Wildman–Crippen MR) is 164 cm³/mol. The lowest BCUT2D eigenvalue weighted by molar-refractivity contribution is -0.383. The highest BCUT2D eigenvalue weighted by Gasteiger charge is 2.26. The van der Waals surface area contributed by atoms with Gasteiger partial charge in [0, 0.05) is 12.3 Å². The zero-order valence-corrected chi connectivity index (χ0v) is 24.8. The molecular formula is C29H18ClF2N7O6S. The van der Waals surface area contributed by atoms with E-state index in [4.69, 9.17) is 16.3 Å². The summed E-state index contributed by atoms with van der Waals surface area (Å²) >= 11 is 6.01. The van der Waals surface area contributed by atoms with Gasteiger partial charge in [-0.3, -0.25) is 14.8 Å². The number of pyridine rings is 1. The van der Waals surface area contributed by atoms with E-state index in [0.29, 0.717) is 0 Å². The largest absolute Gasteiger partial charge is 0.465 e. The summed E-state index contributed by atoms with van der Waals surface area (Å²) in [5.41, 5.74) is -1.23. The van der Waals surface area contributed by atoms with Gasteiger partial charge in [-0.2, -0.15) is 0 Å². The number of nitro benzene ring substituents is 1. The Hall–Kier alpha value is -5.74. The van der Waals surface area contributed by atoms with E-state index in [-0.39, 0.29) is 54.7 Å². The van der Waals surface area contributed by atoms with Crippen molar-refractivity contribution in [2.75, 3.05) is 17.1 Å². The molecular weight excluding hydrogens is 648 g/mol. The average Bonchev–Trinajstić information content (AvgIpc) is 3.44. The second-order valence-electron chi connectivity index (χ2n) is 9.54. The first-order chi connectivity index (χ1) is 22.0. The Balaban J connectivity index is 1.44. The monoisotopic (exact) mass is 665 g/mol. The molecule has 0 spiro atoms. The molecule has 0 amide bonds. The number of carbonyl (C=O) groups is 1. The molecule has 3 aromatic carbocycles. The molecule has 0 saturated heterocycles. The standard InChI is InChI=1S/C29H18ClF2N7O6S/c1-45-29(40)15-13-38(20-6-4-7-21(24(15)20)39(41)42)23-12-11-19-27(35-23)28(34-14-33-19)36-26-17(31)9-10-18(25(26)32)37-46(43,44)22-8-3-2-5-16(22)30/h2-14,37H,1H3,(H,33,34,36). The van der Waals surface area contributed by atoms with Gasteiger partial charge in [-0.1, -0.05) is 29.8 Å². The third kappa shape index (κ3) is 5.28. The third-order valence-electron chi connectivity index (χ3n) is 6.83. The minimum Gasteiger partial charge on any atom is -0.465 e. The van der Waals surface area contributed by atoms with Crippen molar-refractivity contribution in [1.82, 2.24) is 19.5 Å². The van der Waals surface area contributed by atoms with Crippen molar-refractivity contribution in [2.45, 2.75) is 4.90 Å². The Morgan fingerprint density at radius 2 is 1.83 bits per heavy atom. The van der Waals surface area contributed by atoms with Gasteiger partial charge in [0.15, 0.2) is 11.6 Å². The van der Waals surface area contributed by atoms with Crippen molar-refractivity contribution in [2.24, 2.45) is 0 Å². The van der Waals surface area contributed by atoms with Crippen LogP contribution in [0.2, 0.25) is 5.02 Å². The number of hydrogen-bond acceptors (Lipinski definition) is 10. The molecule has 0 unspecified atom stereocenters. The maximum atomic E-state index is 15.7. The number of non-ortho nitro benzene ring substituents is 1. The molecule has 6 aromatic rings. The first kappa shape index (κ1) is 30.3. The number of fused-ring (bicyclic) bond motifs is 2.